The lowest BCUT2D eigenvalue weighted by Gasteiger charge is -2.36. The second-order valence-electron chi connectivity index (χ2n) is 6.42. The second-order valence-corrected chi connectivity index (χ2v) is 6.42. The third kappa shape index (κ3) is 4.26. The summed E-state index contributed by atoms with van der Waals surface area (Å²) < 4.78 is 19.0. The van der Waals surface area contributed by atoms with Gasteiger partial charge >= 0.3 is 0 Å². The fourth-order valence-corrected chi connectivity index (χ4v) is 3.03. The Kier molecular flexibility index (Phi) is 5.36. The van der Waals surface area contributed by atoms with Gasteiger partial charge in [0.15, 0.2) is 0 Å². The molecule has 1 saturated heterocycles. The van der Waals surface area contributed by atoms with Gasteiger partial charge < -0.3 is 9.64 Å². The van der Waals surface area contributed by atoms with Gasteiger partial charge in [-0.25, -0.2) is 4.39 Å². The maximum atomic E-state index is 13.0. The van der Waals surface area contributed by atoms with Crippen LogP contribution in [0.4, 0.5) is 10.1 Å². The van der Waals surface area contributed by atoms with Crippen molar-refractivity contribution < 1.29 is 9.13 Å². The molecule has 0 unspecified atom stereocenters. The van der Waals surface area contributed by atoms with Crippen LogP contribution in [0.15, 0.2) is 42.5 Å². The van der Waals surface area contributed by atoms with E-state index in [1.807, 2.05) is 12.1 Å². The molecule has 0 atom stereocenters. The van der Waals surface area contributed by atoms with Gasteiger partial charge in [0.1, 0.15) is 18.2 Å². The highest BCUT2D eigenvalue weighted by atomic mass is 19.1. The van der Waals surface area contributed by atoms with Gasteiger partial charge in [0.25, 0.3) is 0 Å². The van der Waals surface area contributed by atoms with Crippen molar-refractivity contribution in [3.8, 4) is 5.75 Å². The maximum absolute atomic E-state index is 13.0. The minimum atomic E-state index is -0.180. The number of halogens is 1. The topological polar surface area (TPSA) is 15.7 Å². The van der Waals surface area contributed by atoms with E-state index in [1.54, 1.807) is 0 Å². The lowest BCUT2D eigenvalue weighted by molar-refractivity contribution is 0.200. The van der Waals surface area contributed by atoms with Crippen molar-refractivity contribution >= 4 is 5.69 Å². The SMILES string of the molecule is Cc1ccc(C)c(OCCN2CCN(c3ccc(F)cc3)CC2)c1. The molecule has 1 fully saturated rings. The first-order valence-corrected chi connectivity index (χ1v) is 8.55. The molecule has 3 rings (SSSR count). The fourth-order valence-electron chi connectivity index (χ4n) is 3.03. The van der Waals surface area contributed by atoms with Crippen molar-refractivity contribution in [2.75, 3.05) is 44.2 Å². The first kappa shape index (κ1) is 16.8. The molecule has 0 N–H and O–H groups in total. The van der Waals surface area contributed by atoms with Crippen LogP contribution in [0, 0.1) is 19.7 Å². The van der Waals surface area contributed by atoms with E-state index in [0.29, 0.717) is 6.61 Å². The number of nitrogens with zero attached hydrogens (tertiary/aromatic N) is 2. The number of hydrogen-bond donors (Lipinski definition) is 0. The minimum Gasteiger partial charge on any atom is -0.492 e. The van der Waals surface area contributed by atoms with Gasteiger partial charge in [-0.1, -0.05) is 12.1 Å². The number of benzene rings is 2. The van der Waals surface area contributed by atoms with Gasteiger partial charge in [-0.05, 0) is 55.3 Å². The Hall–Kier alpha value is -2.07. The van der Waals surface area contributed by atoms with E-state index in [0.717, 1.165) is 44.2 Å². The lowest BCUT2D eigenvalue weighted by Crippen LogP contribution is -2.47. The van der Waals surface area contributed by atoms with Crippen LogP contribution in [0.1, 0.15) is 11.1 Å². The quantitative estimate of drug-likeness (QED) is 0.833. The van der Waals surface area contributed by atoms with Gasteiger partial charge in [0, 0.05) is 38.4 Å². The number of ether oxygens (including phenoxy) is 1. The molecule has 24 heavy (non-hydrogen) atoms. The largest absolute Gasteiger partial charge is 0.492 e. The van der Waals surface area contributed by atoms with Gasteiger partial charge in [-0.3, -0.25) is 4.90 Å². The molecular weight excluding hydrogens is 303 g/mol. The normalized spacial score (nSPS) is 15.5. The summed E-state index contributed by atoms with van der Waals surface area (Å²) in [5.41, 5.74) is 3.51. The predicted molar refractivity (Wildman–Crippen MR) is 96.5 cm³/mol. The molecule has 1 aliphatic rings. The van der Waals surface area contributed by atoms with Crippen LogP contribution in [0.5, 0.6) is 5.75 Å². The summed E-state index contributed by atoms with van der Waals surface area (Å²) in [6, 6.07) is 13.1. The molecule has 0 aliphatic carbocycles. The van der Waals surface area contributed by atoms with Crippen molar-refractivity contribution in [3.05, 3.63) is 59.4 Å². The molecule has 1 aliphatic heterocycles. The minimum absolute atomic E-state index is 0.180. The Labute approximate surface area is 143 Å². The van der Waals surface area contributed by atoms with Crippen LogP contribution in [-0.4, -0.2) is 44.2 Å². The molecule has 0 spiro atoms. The summed E-state index contributed by atoms with van der Waals surface area (Å²) in [6.45, 7) is 9.76. The zero-order valence-electron chi connectivity index (χ0n) is 14.5. The van der Waals surface area contributed by atoms with Crippen LogP contribution in [-0.2, 0) is 0 Å². The third-order valence-corrected chi connectivity index (χ3v) is 4.57. The lowest BCUT2D eigenvalue weighted by atomic mass is 10.1. The zero-order valence-corrected chi connectivity index (χ0v) is 14.5. The van der Waals surface area contributed by atoms with E-state index in [9.17, 15) is 4.39 Å². The molecule has 0 aromatic heterocycles. The zero-order chi connectivity index (χ0) is 16.9. The van der Waals surface area contributed by atoms with E-state index < -0.39 is 0 Å². The number of piperazine rings is 1. The van der Waals surface area contributed by atoms with Crippen LogP contribution in [0.2, 0.25) is 0 Å². The Balaban J connectivity index is 1.44. The molecule has 128 valence electrons. The predicted octanol–water partition coefficient (Wildman–Crippen LogP) is 3.64. The standard InChI is InChI=1S/C20H25FN2O/c1-16-3-4-17(2)20(15-16)24-14-13-22-9-11-23(12-10-22)19-7-5-18(21)6-8-19/h3-8,15H,9-14H2,1-2H3. The highest BCUT2D eigenvalue weighted by Gasteiger charge is 2.17. The smallest absolute Gasteiger partial charge is 0.123 e. The summed E-state index contributed by atoms with van der Waals surface area (Å²) in [4.78, 5) is 4.73. The average Bonchev–Trinajstić information content (AvgIpc) is 2.59. The number of aryl methyl sites for hydroxylation is 2. The molecule has 1 heterocycles. The first-order valence-electron chi connectivity index (χ1n) is 8.55. The Morgan fingerprint density at radius 3 is 2.38 bits per heavy atom. The fraction of sp³-hybridized carbons (Fsp3) is 0.400. The van der Waals surface area contributed by atoms with E-state index >= 15 is 0 Å². The van der Waals surface area contributed by atoms with E-state index in [1.165, 1.54) is 23.3 Å². The van der Waals surface area contributed by atoms with Crippen molar-refractivity contribution in [1.82, 2.24) is 4.90 Å². The number of rotatable bonds is 5. The number of anilines is 1. The monoisotopic (exact) mass is 328 g/mol. The highest BCUT2D eigenvalue weighted by molar-refractivity contribution is 5.46. The summed E-state index contributed by atoms with van der Waals surface area (Å²) >= 11 is 0. The van der Waals surface area contributed by atoms with Crippen molar-refractivity contribution in [1.29, 1.82) is 0 Å². The molecule has 0 bridgehead atoms. The van der Waals surface area contributed by atoms with E-state index in [-0.39, 0.29) is 5.82 Å². The average molecular weight is 328 g/mol. The van der Waals surface area contributed by atoms with Gasteiger partial charge in [-0.2, -0.15) is 0 Å². The third-order valence-electron chi connectivity index (χ3n) is 4.57. The van der Waals surface area contributed by atoms with Crippen LogP contribution in [0.3, 0.4) is 0 Å². The van der Waals surface area contributed by atoms with Gasteiger partial charge in [0.2, 0.25) is 0 Å². The first-order chi connectivity index (χ1) is 11.6. The molecule has 0 saturated carbocycles. The second kappa shape index (κ2) is 7.67. The van der Waals surface area contributed by atoms with Crippen molar-refractivity contribution in [2.45, 2.75) is 13.8 Å². The van der Waals surface area contributed by atoms with Crippen LogP contribution < -0.4 is 9.64 Å². The summed E-state index contributed by atoms with van der Waals surface area (Å²) in [5, 5.41) is 0. The summed E-state index contributed by atoms with van der Waals surface area (Å²) in [5.74, 6) is 0.806. The summed E-state index contributed by atoms with van der Waals surface area (Å²) in [6.07, 6.45) is 0. The highest BCUT2D eigenvalue weighted by Crippen LogP contribution is 2.19. The molecule has 0 amide bonds. The van der Waals surface area contributed by atoms with Crippen LogP contribution >= 0.6 is 0 Å². The summed E-state index contributed by atoms with van der Waals surface area (Å²) in [7, 11) is 0. The number of hydrogen-bond acceptors (Lipinski definition) is 3. The van der Waals surface area contributed by atoms with Crippen molar-refractivity contribution in [3.63, 3.8) is 0 Å². The molecule has 2 aromatic carbocycles. The molecule has 3 nitrogen and oxygen atoms in total. The molecule has 0 radical (unpaired) electrons. The Bertz CT molecular complexity index is 664. The van der Waals surface area contributed by atoms with Crippen molar-refractivity contribution in [2.24, 2.45) is 0 Å². The maximum Gasteiger partial charge on any atom is 0.123 e. The van der Waals surface area contributed by atoms with E-state index in [2.05, 4.69) is 41.8 Å². The molecular formula is C20H25FN2O. The molecule has 2 aromatic rings. The van der Waals surface area contributed by atoms with Gasteiger partial charge in [0.05, 0.1) is 0 Å². The Morgan fingerprint density at radius 1 is 0.958 bits per heavy atom. The van der Waals surface area contributed by atoms with Crippen LogP contribution in [0.25, 0.3) is 0 Å². The van der Waals surface area contributed by atoms with Gasteiger partial charge in [-0.15, -0.1) is 0 Å². The Morgan fingerprint density at radius 2 is 1.67 bits per heavy atom. The molecule has 4 heteroatoms. The van der Waals surface area contributed by atoms with E-state index in [4.69, 9.17) is 4.74 Å².